The van der Waals surface area contributed by atoms with Crippen LogP contribution in [0.3, 0.4) is 0 Å². The standard InChI is InChI=1S/C29H42N2O9/c1-3-34-14-16-36-12-6-5-7-13-39-28(32)24-8-10-30-26(22-24)27-23-25(9-11-31-27)29(33)40-21-20-38-19-18-37-17-15-35-4-2/h8-11,22-23H,3-7,12-21H2,1-2H3. The van der Waals surface area contributed by atoms with Gasteiger partial charge in [-0.2, -0.15) is 0 Å². The summed E-state index contributed by atoms with van der Waals surface area (Å²) in [6.45, 7) is 9.69. The van der Waals surface area contributed by atoms with Crippen molar-refractivity contribution >= 4 is 11.9 Å². The van der Waals surface area contributed by atoms with E-state index in [2.05, 4.69) is 9.97 Å². The van der Waals surface area contributed by atoms with E-state index in [0.29, 0.717) is 88.6 Å². The van der Waals surface area contributed by atoms with Gasteiger partial charge in [0.05, 0.1) is 75.4 Å². The van der Waals surface area contributed by atoms with Crippen LogP contribution in [-0.2, 0) is 33.2 Å². The molecule has 0 atom stereocenters. The molecule has 0 radical (unpaired) electrons. The maximum atomic E-state index is 12.5. The second-order valence-corrected chi connectivity index (χ2v) is 8.42. The minimum Gasteiger partial charge on any atom is -0.462 e. The van der Waals surface area contributed by atoms with Gasteiger partial charge in [-0.05, 0) is 57.4 Å². The van der Waals surface area contributed by atoms with Gasteiger partial charge in [-0.1, -0.05) is 0 Å². The maximum absolute atomic E-state index is 12.5. The highest BCUT2D eigenvalue weighted by Gasteiger charge is 2.13. The third-order valence-electron chi connectivity index (χ3n) is 5.40. The summed E-state index contributed by atoms with van der Waals surface area (Å²) in [5.74, 6) is -0.942. The van der Waals surface area contributed by atoms with Crippen molar-refractivity contribution in [3.8, 4) is 11.4 Å². The van der Waals surface area contributed by atoms with Gasteiger partial charge in [-0.15, -0.1) is 0 Å². The Kier molecular flexibility index (Phi) is 18.1. The minimum atomic E-state index is -0.504. The third kappa shape index (κ3) is 14.4. The van der Waals surface area contributed by atoms with Crippen LogP contribution in [0.2, 0.25) is 0 Å². The number of hydrogen-bond donors (Lipinski definition) is 0. The zero-order valence-electron chi connectivity index (χ0n) is 23.6. The van der Waals surface area contributed by atoms with Crippen LogP contribution >= 0.6 is 0 Å². The van der Waals surface area contributed by atoms with Gasteiger partial charge in [0, 0.05) is 32.2 Å². The Morgan fingerprint density at radius 2 is 0.975 bits per heavy atom. The number of carbonyl (C=O) groups is 2. The molecule has 2 heterocycles. The number of nitrogens with zero attached hydrogens (tertiary/aromatic N) is 2. The molecule has 0 unspecified atom stereocenters. The fourth-order valence-corrected chi connectivity index (χ4v) is 3.35. The summed E-state index contributed by atoms with van der Waals surface area (Å²) in [5.41, 5.74) is 1.56. The molecule has 0 amide bonds. The zero-order chi connectivity index (χ0) is 28.7. The number of aromatic nitrogens is 2. The molecule has 2 rings (SSSR count). The number of esters is 2. The largest absolute Gasteiger partial charge is 0.462 e. The molecule has 11 heteroatoms. The molecular formula is C29H42N2O9. The average molecular weight is 563 g/mol. The Morgan fingerprint density at radius 3 is 1.50 bits per heavy atom. The first-order valence-corrected chi connectivity index (χ1v) is 13.8. The number of carbonyl (C=O) groups excluding carboxylic acids is 2. The molecule has 40 heavy (non-hydrogen) atoms. The zero-order valence-corrected chi connectivity index (χ0v) is 23.6. The molecule has 0 bridgehead atoms. The third-order valence-corrected chi connectivity index (χ3v) is 5.40. The predicted molar refractivity (Wildman–Crippen MR) is 147 cm³/mol. The molecule has 0 N–H and O–H groups in total. The first-order chi connectivity index (χ1) is 19.7. The van der Waals surface area contributed by atoms with E-state index < -0.39 is 11.9 Å². The summed E-state index contributed by atoms with van der Waals surface area (Å²) < 4.78 is 37.3. The van der Waals surface area contributed by atoms with Gasteiger partial charge < -0.3 is 33.2 Å². The lowest BCUT2D eigenvalue weighted by Gasteiger charge is -2.08. The van der Waals surface area contributed by atoms with Crippen molar-refractivity contribution in [3.05, 3.63) is 47.8 Å². The van der Waals surface area contributed by atoms with Gasteiger partial charge in [0.15, 0.2) is 0 Å². The topological polar surface area (TPSA) is 125 Å². The van der Waals surface area contributed by atoms with Crippen molar-refractivity contribution in [1.29, 1.82) is 0 Å². The van der Waals surface area contributed by atoms with E-state index in [1.807, 2.05) is 13.8 Å². The molecule has 2 aromatic heterocycles. The van der Waals surface area contributed by atoms with Crippen LogP contribution in [0.5, 0.6) is 0 Å². The molecule has 11 nitrogen and oxygen atoms in total. The molecule has 0 aliphatic heterocycles. The van der Waals surface area contributed by atoms with Gasteiger partial charge in [0.2, 0.25) is 0 Å². The van der Waals surface area contributed by atoms with Crippen molar-refractivity contribution in [2.45, 2.75) is 33.1 Å². The Bertz CT molecular complexity index is 897. The SMILES string of the molecule is CCOCCOCCCCCOC(=O)c1ccnc(-c2cc(C(=O)OCCOCCOCCOCC)ccn2)c1. The van der Waals surface area contributed by atoms with E-state index in [-0.39, 0.29) is 13.2 Å². The average Bonchev–Trinajstić information content (AvgIpc) is 2.99. The molecule has 0 spiro atoms. The Hall–Kier alpha value is -2.96. The van der Waals surface area contributed by atoms with Crippen molar-refractivity contribution in [2.75, 3.05) is 79.3 Å². The fourth-order valence-electron chi connectivity index (χ4n) is 3.35. The summed E-state index contributed by atoms with van der Waals surface area (Å²) in [4.78, 5) is 33.5. The highest BCUT2D eigenvalue weighted by atomic mass is 16.6. The van der Waals surface area contributed by atoms with Gasteiger partial charge >= 0.3 is 11.9 Å². The van der Waals surface area contributed by atoms with Crippen molar-refractivity contribution in [3.63, 3.8) is 0 Å². The summed E-state index contributed by atoms with van der Waals surface area (Å²) in [5, 5.41) is 0. The fraction of sp³-hybridized carbons (Fsp3) is 0.586. The second-order valence-electron chi connectivity index (χ2n) is 8.42. The van der Waals surface area contributed by atoms with E-state index in [4.69, 9.17) is 33.2 Å². The van der Waals surface area contributed by atoms with Gasteiger partial charge in [-0.25, -0.2) is 9.59 Å². The van der Waals surface area contributed by atoms with Gasteiger partial charge in [-0.3, -0.25) is 9.97 Å². The number of ether oxygens (including phenoxy) is 7. The molecule has 2 aromatic rings. The van der Waals surface area contributed by atoms with Crippen LogP contribution in [0.15, 0.2) is 36.7 Å². The van der Waals surface area contributed by atoms with Crippen LogP contribution in [0.1, 0.15) is 53.8 Å². The van der Waals surface area contributed by atoms with Crippen LogP contribution < -0.4 is 0 Å². The van der Waals surface area contributed by atoms with Crippen LogP contribution in [0.4, 0.5) is 0 Å². The van der Waals surface area contributed by atoms with E-state index in [0.717, 1.165) is 19.3 Å². The second kappa shape index (κ2) is 21.8. The summed E-state index contributed by atoms with van der Waals surface area (Å²) in [6.07, 6.45) is 5.54. The van der Waals surface area contributed by atoms with Crippen LogP contribution in [0.25, 0.3) is 11.4 Å². The van der Waals surface area contributed by atoms with Crippen molar-refractivity contribution in [1.82, 2.24) is 9.97 Å². The van der Waals surface area contributed by atoms with Gasteiger partial charge in [0.25, 0.3) is 0 Å². The maximum Gasteiger partial charge on any atom is 0.338 e. The monoisotopic (exact) mass is 562 g/mol. The van der Waals surface area contributed by atoms with Crippen molar-refractivity contribution in [2.24, 2.45) is 0 Å². The van der Waals surface area contributed by atoms with Crippen molar-refractivity contribution < 1.29 is 42.7 Å². The lowest BCUT2D eigenvalue weighted by Crippen LogP contribution is -2.14. The Balaban J connectivity index is 1.70. The normalized spacial score (nSPS) is 10.9. The number of pyridine rings is 2. The molecule has 0 aromatic carbocycles. The molecule has 0 saturated carbocycles. The lowest BCUT2D eigenvalue weighted by atomic mass is 10.1. The number of rotatable bonds is 23. The summed E-state index contributed by atoms with van der Waals surface area (Å²) in [7, 11) is 0. The highest BCUT2D eigenvalue weighted by Crippen LogP contribution is 2.18. The minimum absolute atomic E-state index is 0.107. The quantitative estimate of drug-likeness (QED) is 0.145. The number of hydrogen-bond acceptors (Lipinski definition) is 11. The molecule has 0 aliphatic rings. The Labute approximate surface area is 236 Å². The smallest absolute Gasteiger partial charge is 0.338 e. The Morgan fingerprint density at radius 1 is 0.550 bits per heavy atom. The van der Waals surface area contributed by atoms with E-state index >= 15 is 0 Å². The first-order valence-electron chi connectivity index (χ1n) is 13.8. The molecular weight excluding hydrogens is 520 g/mol. The van der Waals surface area contributed by atoms with E-state index in [9.17, 15) is 9.59 Å². The predicted octanol–water partition coefficient (Wildman–Crippen LogP) is 3.75. The summed E-state index contributed by atoms with van der Waals surface area (Å²) in [6, 6.07) is 6.31. The summed E-state index contributed by atoms with van der Waals surface area (Å²) >= 11 is 0. The van der Waals surface area contributed by atoms with E-state index in [1.54, 1.807) is 24.3 Å². The molecule has 0 saturated heterocycles. The first kappa shape index (κ1) is 33.2. The van der Waals surface area contributed by atoms with E-state index in [1.165, 1.54) is 12.4 Å². The van der Waals surface area contributed by atoms with Crippen LogP contribution in [-0.4, -0.2) is 101 Å². The van der Waals surface area contributed by atoms with Crippen LogP contribution in [0, 0.1) is 0 Å². The molecule has 0 fully saturated rings. The number of unbranched alkanes of at least 4 members (excludes halogenated alkanes) is 2. The lowest BCUT2D eigenvalue weighted by molar-refractivity contribution is 0.00180. The highest BCUT2D eigenvalue weighted by molar-refractivity contribution is 5.92. The van der Waals surface area contributed by atoms with Gasteiger partial charge in [0.1, 0.15) is 6.61 Å². The molecule has 0 aliphatic carbocycles. The molecule has 222 valence electrons.